The number of unbranched alkanes of at least 4 members (excludes halogenated alkanes) is 3. The second-order valence-corrected chi connectivity index (χ2v) is 13.8. The molecular formula is C45H48N2O5. The highest BCUT2D eigenvalue weighted by Gasteiger charge is 2.40. The van der Waals surface area contributed by atoms with E-state index in [0.717, 1.165) is 63.4 Å². The molecule has 0 amide bonds. The predicted molar refractivity (Wildman–Crippen MR) is 209 cm³/mol. The van der Waals surface area contributed by atoms with Gasteiger partial charge in [-0.3, -0.25) is 9.59 Å². The molecule has 0 saturated carbocycles. The zero-order valence-electron chi connectivity index (χ0n) is 30.4. The molecule has 52 heavy (non-hydrogen) atoms. The number of anilines is 3. The number of aromatic hydroxyl groups is 2. The van der Waals surface area contributed by atoms with E-state index in [1.165, 1.54) is 22.8 Å². The fourth-order valence-electron chi connectivity index (χ4n) is 6.83. The van der Waals surface area contributed by atoms with Crippen molar-refractivity contribution in [3.8, 4) is 23.0 Å². The molecule has 6 rings (SSSR count). The summed E-state index contributed by atoms with van der Waals surface area (Å²) in [5.41, 5.74) is 11.9. The van der Waals surface area contributed by atoms with Gasteiger partial charge in [-0.2, -0.15) is 0 Å². The van der Waals surface area contributed by atoms with Crippen molar-refractivity contribution in [2.75, 3.05) is 11.1 Å². The molecule has 5 aromatic rings. The Kier molecular flexibility index (Phi) is 11.3. The van der Waals surface area contributed by atoms with E-state index in [9.17, 15) is 19.8 Å². The maximum atomic E-state index is 14.5. The number of benzene rings is 5. The summed E-state index contributed by atoms with van der Waals surface area (Å²) in [5, 5.41) is 26.6. The van der Waals surface area contributed by atoms with E-state index in [2.05, 4.69) is 38.2 Å². The number of aryl methyl sites for hydroxylation is 3. The Balaban J connectivity index is 1.41. The monoisotopic (exact) mass is 696 g/mol. The van der Waals surface area contributed by atoms with Crippen molar-refractivity contribution in [1.29, 1.82) is 0 Å². The lowest BCUT2D eigenvalue weighted by atomic mass is 9.79. The Morgan fingerprint density at radius 1 is 0.596 bits per heavy atom. The minimum absolute atomic E-state index is 0.00789. The van der Waals surface area contributed by atoms with Gasteiger partial charge in [0.2, 0.25) is 11.6 Å². The SMILES string of the molecule is CCCCc1ccc(Cc2cc(N)c3c(c2O)C(=O)c2c(Nc4ccc(CCCC)cc4)cc(Oc4ccc(CCCC)cc4)c(O)c2C3=O)cc1. The molecule has 1 aliphatic carbocycles. The number of phenolic OH excluding ortho intramolecular Hbond substituents is 2. The normalized spacial score (nSPS) is 12.1. The van der Waals surface area contributed by atoms with Crippen LogP contribution >= 0.6 is 0 Å². The van der Waals surface area contributed by atoms with Gasteiger partial charge < -0.3 is 26.0 Å². The molecule has 7 nitrogen and oxygen atoms in total. The highest BCUT2D eigenvalue weighted by molar-refractivity contribution is 6.34. The third-order valence-corrected chi connectivity index (χ3v) is 9.84. The van der Waals surface area contributed by atoms with E-state index < -0.39 is 17.3 Å². The molecule has 0 saturated heterocycles. The van der Waals surface area contributed by atoms with Crippen LogP contribution in [0.15, 0.2) is 84.9 Å². The Morgan fingerprint density at radius 3 is 1.63 bits per heavy atom. The van der Waals surface area contributed by atoms with Crippen molar-refractivity contribution >= 4 is 28.6 Å². The van der Waals surface area contributed by atoms with Gasteiger partial charge >= 0.3 is 0 Å². The number of rotatable bonds is 15. The summed E-state index contributed by atoms with van der Waals surface area (Å²) in [7, 11) is 0. The van der Waals surface area contributed by atoms with Crippen LogP contribution in [0.2, 0.25) is 0 Å². The highest BCUT2D eigenvalue weighted by atomic mass is 16.5. The van der Waals surface area contributed by atoms with Crippen molar-refractivity contribution in [2.45, 2.75) is 85.0 Å². The highest BCUT2D eigenvalue weighted by Crippen LogP contribution is 2.48. The van der Waals surface area contributed by atoms with Gasteiger partial charge in [0.15, 0.2) is 11.5 Å². The van der Waals surface area contributed by atoms with Gasteiger partial charge in [0, 0.05) is 29.4 Å². The second kappa shape index (κ2) is 16.2. The number of ether oxygens (including phenoxy) is 1. The van der Waals surface area contributed by atoms with E-state index in [-0.39, 0.29) is 45.1 Å². The second-order valence-electron chi connectivity index (χ2n) is 13.8. The minimum atomic E-state index is -0.667. The molecule has 0 aliphatic heterocycles. The first-order valence-corrected chi connectivity index (χ1v) is 18.6. The van der Waals surface area contributed by atoms with Crippen molar-refractivity contribution in [2.24, 2.45) is 0 Å². The third kappa shape index (κ3) is 7.69. The largest absolute Gasteiger partial charge is 0.507 e. The van der Waals surface area contributed by atoms with Crippen LogP contribution in [0.5, 0.6) is 23.0 Å². The molecule has 0 bridgehead atoms. The van der Waals surface area contributed by atoms with Crippen LogP contribution in [-0.2, 0) is 25.7 Å². The van der Waals surface area contributed by atoms with Crippen molar-refractivity contribution in [3.05, 3.63) is 135 Å². The summed E-state index contributed by atoms with van der Waals surface area (Å²) in [6.45, 7) is 6.46. The predicted octanol–water partition coefficient (Wildman–Crippen LogP) is 10.6. The zero-order chi connectivity index (χ0) is 36.8. The van der Waals surface area contributed by atoms with E-state index in [4.69, 9.17) is 10.5 Å². The van der Waals surface area contributed by atoms with E-state index >= 15 is 0 Å². The van der Waals surface area contributed by atoms with Crippen LogP contribution in [0.25, 0.3) is 0 Å². The number of phenols is 2. The van der Waals surface area contributed by atoms with Crippen LogP contribution in [-0.4, -0.2) is 21.8 Å². The van der Waals surface area contributed by atoms with E-state index in [1.807, 2.05) is 60.7 Å². The number of ketones is 2. The molecule has 0 heterocycles. The summed E-state index contributed by atoms with van der Waals surface area (Å²) < 4.78 is 6.18. The van der Waals surface area contributed by atoms with Crippen LogP contribution < -0.4 is 15.8 Å². The molecule has 5 aromatic carbocycles. The topological polar surface area (TPSA) is 122 Å². The van der Waals surface area contributed by atoms with Crippen LogP contribution in [0.4, 0.5) is 17.1 Å². The number of carbonyl (C=O) groups is 2. The molecule has 0 radical (unpaired) electrons. The smallest absolute Gasteiger partial charge is 0.200 e. The average Bonchev–Trinajstić information content (AvgIpc) is 3.15. The summed E-state index contributed by atoms with van der Waals surface area (Å²) in [4.78, 5) is 28.9. The molecular weight excluding hydrogens is 649 g/mol. The minimum Gasteiger partial charge on any atom is -0.507 e. The molecule has 0 spiro atoms. The number of nitrogens with two attached hydrogens (primary N) is 1. The molecule has 0 fully saturated rings. The molecule has 7 heteroatoms. The Hall–Kier alpha value is -5.56. The Morgan fingerprint density at radius 2 is 1.08 bits per heavy atom. The molecule has 268 valence electrons. The molecule has 5 N–H and O–H groups in total. The lowest BCUT2D eigenvalue weighted by Gasteiger charge is -2.26. The molecule has 0 aromatic heterocycles. The van der Waals surface area contributed by atoms with Gasteiger partial charge in [-0.25, -0.2) is 0 Å². The summed E-state index contributed by atoms with van der Waals surface area (Å²) in [6, 6.07) is 26.8. The van der Waals surface area contributed by atoms with Crippen molar-refractivity contribution in [3.63, 3.8) is 0 Å². The zero-order valence-corrected chi connectivity index (χ0v) is 30.4. The number of nitrogen functional groups attached to an aromatic ring is 1. The molecule has 0 atom stereocenters. The summed E-state index contributed by atoms with van der Waals surface area (Å²) >= 11 is 0. The fraction of sp³-hybridized carbons (Fsp3) is 0.289. The Labute approximate surface area is 306 Å². The van der Waals surface area contributed by atoms with Gasteiger partial charge in [0.25, 0.3) is 0 Å². The lowest BCUT2D eigenvalue weighted by Crippen LogP contribution is -2.24. The molecule has 0 unspecified atom stereocenters. The van der Waals surface area contributed by atoms with Gasteiger partial charge in [-0.1, -0.05) is 88.6 Å². The number of nitrogens with one attached hydrogen (secondary N) is 1. The van der Waals surface area contributed by atoms with Gasteiger partial charge in [-0.05, 0) is 91.1 Å². The van der Waals surface area contributed by atoms with E-state index in [1.54, 1.807) is 6.07 Å². The first kappa shape index (κ1) is 36.2. The van der Waals surface area contributed by atoms with E-state index in [0.29, 0.717) is 23.4 Å². The van der Waals surface area contributed by atoms with Crippen LogP contribution in [0.1, 0.15) is 119 Å². The van der Waals surface area contributed by atoms with Gasteiger partial charge in [0.05, 0.1) is 27.9 Å². The van der Waals surface area contributed by atoms with Crippen LogP contribution in [0, 0.1) is 0 Å². The number of carbonyl (C=O) groups excluding carboxylic acids is 2. The fourth-order valence-corrected chi connectivity index (χ4v) is 6.83. The quantitative estimate of drug-likeness (QED) is 0.0622. The van der Waals surface area contributed by atoms with Gasteiger partial charge in [-0.15, -0.1) is 0 Å². The maximum absolute atomic E-state index is 14.5. The van der Waals surface area contributed by atoms with Crippen molar-refractivity contribution in [1.82, 2.24) is 0 Å². The summed E-state index contributed by atoms with van der Waals surface area (Å²) in [6.07, 6.45) is 9.76. The number of fused-ring (bicyclic) bond motifs is 2. The number of hydrogen-bond donors (Lipinski definition) is 4. The Bertz CT molecular complexity index is 2070. The third-order valence-electron chi connectivity index (χ3n) is 9.84. The maximum Gasteiger partial charge on any atom is 0.200 e. The lowest BCUT2D eigenvalue weighted by molar-refractivity contribution is 0.0975. The van der Waals surface area contributed by atoms with Crippen molar-refractivity contribution < 1.29 is 24.5 Å². The molecule has 1 aliphatic rings. The first-order valence-electron chi connectivity index (χ1n) is 18.6. The average molecular weight is 697 g/mol. The number of hydrogen-bond acceptors (Lipinski definition) is 7. The summed E-state index contributed by atoms with van der Waals surface area (Å²) in [5.74, 6) is -1.57. The standard InChI is InChI=1S/C45H48N2O5/c1-4-7-10-28-13-15-31(16-14-28)25-32-26-35(46)38-40(42(32)48)45(51)39-36(47-33-21-17-29(18-22-33)11-8-5-2)27-37(43(49)41(39)44(38)50)52-34-23-19-30(20-24-34)12-9-6-3/h13-24,26-27,47-49H,4-12,25,46H2,1-3H3. The first-order chi connectivity index (χ1) is 25.2. The van der Waals surface area contributed by atoms with Gasteiger partial charge in [0.1, 0.15) is 11.5 Å². The van der Waals surface area contributed by atoms with Crippen LogP contribution in [0.3, 0.4) is 0 Å².